The number of benzene rings is 2. The van der Waals surface area contributed by atoms with Crippen molar-refractivity contribution in [2.45, 2.75) is 19.4 Å². The summed E-state index contributed by atoms with van der Waals surface area (Å²) in [6.07, 6.45) is 4.03. The number of carboxylic acid groups (broad SMARTS) is 1. The highest BCUT2D eigenvalue weighted by Crippen LogP contribution is 2.24. The van der Waals surface area contributed by atoms with Crippen molar-refractivity contribution in [3.63, 3.8) is 0 Å². The van der Waals surface area contributed by atoms with Crippen molar-refractivity contribution >= 4 is 35.4 Å². The van der Waals surface area contributed by atoms with Gasteiger partial charge in [-0.2, -0.15) is 0 Å². The standard InChI is InChI=1S/C18H18ClNO2/c1-13(11-18(21)22)20-17-10-9-16(19)12-15(17)8-7-14-5-3-2-4-6-14/h2-10,12-13,20H,11H2,1H3,(H,21,22)/t13-/m1/s1. The average Bonchev–Trinajstić information content (AvgIpc) is 2.48. The number of carboxylic acids is 1. The first-order valence-corrected chi connectivity index (χ1v) is 7.43. The van der Waals surface area contributed by atoms with E-state index in [9.17, 15) is 4.79 Å². The summed E-state index contributed by atoms with van der Waals surface area (Å²) in [4.78, 5) is 10.8. The van der Waals surface area contributed by atoms with Gasteiger partial charge in [0.25, 0.3) is 0 Å². The number of rotatable bonds is 6. The molecule has 0 aliphatic rings. The van der Waals surface area contributed by atoms with E-state index in [1.54, 1.807) is 6.07 Å². The molecule has 2 rings (SSSR count). The summed E-state index contributed by atoms with van der Waals surface area (Å²) in [7, 11) is 0. The van der Waals surface area contributed by atoms with Gasteiger partial charge in [0.15, 0.2) is 0 Å². The minimum Gasteiger partial charge on any atom is -0.481 e. The number of halogens is 1. The van der Waals surface area contributed by atoms with Crippen LogP contribution in [0.2, 0.25) is 5.02 Å². The van der Waals surface area contributed by atoms with Crippen LogP contribution in [0, 0.1) is 0 Å². The van der Waals surface area contributed by atoms with Crippen LogP contribution in [0.3, 0.4) is 0 Å². The largest absolute Gasteiger partial charge is 0.481 e. The first-order chi connectivity index (χ1) is 10.5. The highest BCUT2D eigenvalue weighted by Gasteiger charge is 2.09. The van der Waals surface area contributed by atoms with Crippen LogP contribution in [0.4, 0.5) is 5.69 Å². The summed E-state index contributed by atoms with van der Waals surface area (Å²) in [6.45, 7) is 1.84. The smallest absolute Gasteiger partial charge is 0.305 e. The molecule has 114 valence electrons. The van der Waals surface area contributed by atoms with Gasteiger partial charge in [0.2, 0.25) is 0 Å². The van der Waals surface area contributed by atoms with Gasteiger partial charge in [0, 0.05) is 16.8 Å². The van der Waals surface area contributed by atoms with Crippen molar-refractivity contribution in [2.24, 2.45) is 0 Å². The Kier molecular flexibility index (Phi) is 5.61. The molecule has 3 nitrogen and oxygen atoms in total. The zero-order chi connectivity index (χ0) is 15.9. The number of nitrogens with one attached hydrogen (secondary N) is 1. The SMILES string of the molecule is C[C@H](CC(=O)O)Nc1ccc(Cl)cc1C=Cc1ccccc1. The van der Waals surface area contributed by atoms with Gasteiger partial charge in [-0.25, -0.2) is 0 Å². The van der Waals surface area contributed by atoms with Crippen molar-refractivity contribution in [1.29, 1.82) is 0 Å². The van der Waals surface area contributed by atoms with Crippen LogP contribution in [0.1, 0.15) is 24.5 Å². The van der Waals surface area contributed by atoms with E-state index in [2.05, 4.69) is 5.32 Å². The van der Waals surface area contributed by atoms with Crippen LogP contribution >= 0.6 is 11.6 Å². The number of hydrogen-bond donors (Lipinski definition) is 2. The van der Waals surface area contributed by atoms with Crippen LogP contribution in [-0.4, -0.2) is 17.1 Å². The van der Waals surface area contributed by atoms with E-state index >= 15 is 0 Å². The molecule has 0 fully saturated rings. The second-order valence-corrected chi connectivity index (χ2v) is 5.56. The van der Waals surface area contributed by atoms with Crippen LogP contribution in [0.5, 0.6) is 0 Å². The maximum absolute atomic E-state index is 10.8. The first kappa shape index (κ1) is 16.1. The van der Waals surface area contributed by atoms with Crippen LogP contribution < -0.4 is 5.32 Å². The predicted octanol–water partition coefficient (Wildman–Crippen LogP) is 4.79. The Labute approximate surface area is 135 Å². The quantitative estimate of drug-likeness (QED) is 0.754. The molecule has 4 heteroatoms. The summed E-state index contributed by atoms with van der Waals surface area (Å²) in [5.74, 6) is -0.824. The Morgan fingerprint density at radius 2 is 1.95 bits per heavy atom. The summed E-state index contributed by atoms with van der Waals surface area (Å²) >= 11 is 6.06. The van der Waals surface area contributed by atoms with Gasteiger partial charge in [-0.15, -0.1) is 0 Å². The molecule has 0 aliphatic carbocycles. The topological polar surface area (TPSA) is 49.3 Å². The van der Waals surface area contributed by atoms with Gasteiger partial charge in [0.1, 0.15) is 0 Å². The normalized spacial score (nSPS) is 12.3. The third-order valence-electron chi connectivity index (χ3n) is 3.15. The van der Waals surface area contributed by atoms with Gasteiger partial charge >= 0.3 is 5.97 Å². The van der Waals surface area contributed by atoms with Crippen molar-refractivity contribution in [2.75, 3.05) is 5.32 Å². The molecule has 0 radical (unpaired) electrons. The molecule has 2 aromatic carbocycles. The fourth-order valence-electron chi connectivity index (χ4n) is 2.13. The molecule has 2 N–H and O–H groups in total. The average molecular weight is 316 g/mol. The lowest BCUT2D eigenvalue weighted by atomic mass is 10.1. The van der Waals surface area contributed by atoms with E-state index in [-0.39, 0.29) is 12.5 Å². The Morgan fingerprint density at radius 1 is 1.23 bits per heavy atom. The second-order valence-electron chi connectivity index (χ2n) is 5.12. The predicted molar refractivity (Wildman–Crippen MR) is 92.2 cm³/mol. The second kappa shape index (κ2) is 7.66. The minimum absolute atomic E-state index is 0.0600. The lowest BCUT2D eigenvalue weighted by molar-refractivity contribution is -0.137. The fourth-order valence-corrected chi connectivity index (χ4v) is 2.31. The van der Waals surface area contributed by atoms with E-state index in [0.29, 0.717) is 5.02 Å². The molecule has 1 atom stereocenters. The monoisotopic (exact) mass is 315 g/mol. The van der Waals surface area contributed by atoms with E-state index in [1.807, 2.05) is 61.5 Å². The molecule has 0 spiro atoms. The molecule has 2 aromatic rings. The van der Waals surface area contributed by atoms with E-state index in [1.165, 1.54) is 0 Å². The molecule has 0 bridgehead atoms. The third kappa shape index (κ3) is 4.93. The molecule has 0 saturated heterocycles. The highest BCUT2D eigenvalue weighted by molar-refractivity contribution is 6.30. The summed E-state index contributed by atoms with van der Waals surface area (Å²) in [5.41, 5.74) is 2.88. The lowest BCUT2D eigenvalue weighted by Gasteiger charge is -2.15. The number of anilines is 1. The number of carbonyl (C=O) groups is 1. The molecular weight excluding hydrogens is 298 g/mol. The maximum atomic E-state index is 10.8. The Hall–Kier alpha value is -2.26. The number of aliphatic carboxylic acids is 1. The molecule has 0 aliphatic heterocycles. The van der Waals surface area contributed by atoms with Crippen molar-refractivity contribution in [1.82, 2.24) is 0 Å². The molecule has 0 unspecified atom stereocenters. The van der Waals surface area contributed by atoms with Crippen molar-refractivity contribution < 1.29 is 9.90 Å². The van der Waals surface area contributed by atoms with Crippen molar-refractivity contribution in [3.05, 3.63) is 64.7 Å². The van der Waals surface area contributed by atoms with Gasteiger partial charge in [0.05, 0.1) is 6.42 Å². The molecule has 22 heavy (non-hydrogen) atoms. The Balaban J connectivity index is 2.20. The Morgan fingerprint density at radius 3 is 2.64 bits per heavy atom. The highest BCUT2D eigenvalue weighted by atomic mass is 35.5. The zero-order valence-corrected chi connectivity index (χ0v) is 13.0. The number of hydrogen-bond acceptors (Lipinski definition) is 2. The third-order valence-corrected chi connectivity index (χ3v) is 3.39. The van der Waals surface area contributed by atoms with Crippen LogP contribution in [0.25, 0.3) is 12.2 Å². The fraction of sp³-hybridized carbons (Fsp3) is 0.167. The van der Waals surface area contributed by atoms with E-state index < -0.39 is 5.97 Å². The molecule has 0 amide bonds. The summed E-state index contributed by atoms with van der Waals surface area (Å²) in [6, 6.07) is 15.3. The molecule has 0 saturated carbocycles. The van der Waals surface area contributed by atoms with Gasteiger partial charge in [-0.3, -0.25) is 4.79 Å². The molecule has 0 aromatic heterocycles. The van der Waals surface area contributed by atoms with Gasteiger partial charge < -0.3 is 10.4 Å². The van der Waals surface area contributed by atoms with Crippen LogP contribution in [-0.2, 0) is 4.79 Å². The van der Waals surface area contributed by atoms with Gasteiger partial charge in [-0.1, -0.05) is 54.1 Å². The molecular formula is C18H18ClNO2. The first-order valence-electron chi connectivity index (χ1n) is 7.05. The summed E-state index contributed by atoms with van der Waals surface area (Å²) in [5, 5.41) is 12.7. The summed E-state index contributed by atoms with van der Waals surface area (Å²) < 4.78 is 0. The van der Waals surface area contributed by atoms with Crippen LogP contribution in [0.15, 0.2) is 48.5 Å². The van der Waals surface area contributed by atoms with E-state index in [4.69, 9.17) is 16.7 Å². The van der Waals surface area contributed by atoms with E-state index in [0.717, 1.165) is 16.8 Å². The maximum Gasteiger partial charge on any atom is 0.305 e. The zero-order valence-electron chi connectivity index (χ0n) is 12.3. The van der Waals surface area contributed by atoms with Gasteiger partial charge in [-0.05, 0) is 36.2 Å². The Bertz CT molecular complexity index is 668. The van der Waals surface area contributed by atoms with Crippen molar-refractivity contribution in [3.8, 4) is 0 Å². The molecule has 0 heterocycles. The minimum atomic E-state index is -0.824. The lowest BCUT2D eigenvalue weighted by Crippen LogP contribution is -2.19.